The molecular weight excluding hydrogens is 873 g/mol. The molecule has 0 N–H and O–H groups in total. The Balaban J connectivity index is 0.000000208. The Morgan fingerprint density at radius 1 is 0.735 bits per heavy atom. The van der Waals surface area contributed by atoms with Gasteiger partial charge in [-0.25, -0.2) is 0 Å². The molecule has 49 heavy (non-hydrogen) atoms. The van der Waals surface area contributed by atoms with Crippen LogP contribution in [0.4, 0.5) is 0 Å². The molecule has 249 valence electrons. The van der Waals surface area contributed by atoms with E-state index in [0.29, 0.717) is 0 Å². The zero-order valence-electron chi connectivity index (χ0n) is 29.1. The first kappa shape index (κ1) is 35.6. The maximum Gasteiger partial charge on any atom is 0 e. The maximum absolute atomic E-state index is 4.90. The van der Waals surface area contributed by atoms with Gasteiger partial charge in [0.2, 0.25) is 0 Å². The summed E-state index contributed by atoms with van der Waals surface area (Å²) in [5.41, 5.74) is 7.11. The molecule has 1 radical (unpaired) electrons. The van der Waals surface area contributed by atoms with E-state index in [0.717, 1.165) is 28.9 Å². The molecule has 8 aromatic rings. The van der Waals surface area contributed by atoms with E-state index in [1.165, 1.54) is 55.9 Å². The zero-order chi connectivity index (χ0) is 33.6. The molecule has 0 fully saturated rings. The third-order valence-corrected chi connectivity index (χ3v) is 15.2. The van der Waals surface area contributed by atoms with E-state index in [-0.39, 0.29) is 25.5 Å². The molecule has 8 rings (SSSR count). The van der Waals surface area contributed by atoms with Gasteiger partial charge in [-0.1, -0.05) is 79.6 Å². The number of aromatic nitrogens is 2. The maximum atomic E-state index is 4.90. The summed E-state index contributed by atoms with van der Waals surface area (Å²) >= 11 is 1.99. The normalized spacial score (nSPS) is 11.9. The van der Waals surface area contributed by atoms with Crippen LogP contribution in [-0.4, -0.2) is 23.2 Å². The topological polar surface area (TPSA) is 25.8 Å². The first-order valence-corrected chi connectivity index (χ1v) is 25.5. The fourth-order valence-corrected chi connectivity index (χ4v) is 10.7. The fourth-order valence-electron chi connectivity index (χ4n) is 6.22. The molecule has 0 bridgehead atoms. The second kappa shape index (κ2) is 14.2. The number of hydrogen-bond donors (Lipinski definition) is 0. The quantitative estimate of drug-likeness (QED) is 0.130. The van der Waals surface area contributed by atoms with Gasteiger partial charge >= 0.3 is 99.8 Å². The van der Waals surface area contributed by atoms with Crippen LogP contribution in [0.1, 0.15) is 31.9 Å². The van der Waals surface area contributed by atoms with Crippen LogP contribution in [0.15, 0.2) is 103 Å². The minimum atomic E-state index is -1.72. The summed E-state index contributed by atoms with van der Waals surface area (Å²) in [7, 11) is 0. The summed E-state index contributed by atoms with van der Waals surface area (Å²) in [6.45, 7) is 9.07. The van der Waals surface area contributed by atoms with Gasteiger partial charge in [0.1, 0.15) is 0 Å². The van der Waals surface area contributed by atoms with Gasteiger partial charge in [-0.15, -0.1) is 11.6 Å². The van der Waals surface area contributed by atoms with E-state index < -0.39 is 13.3 Å². The summed E-state index contributed by atoms with van der Waals surface area (Å²) in [5, 5.41) is 5.35. The van der Waals surface area contributed by atoms with Crippen LogP contribution in [0.25, 0.3) is 62.9 Å². The summed E-state index contributed by atoms with van der Waals surface area (Å²) in [6.07, 6.45) is 5.11. The van der Waals surface area contributed by atoms with E-state index in [9.17, 15) is 0 Å². The number of fused-ring (bicyclic) bond motifs is 7. The summed E-state index contributed by atoms with van der Waals surface area (Å²) in [5.74, 6) is 7.14. The molecule has 0 aliphatic carbocycles. The molecule has 4 heterocycles. The van der Waals surface area contributed by atoms with Crippen molar-refractivity contribution in [3.63, 3.8) is 0 Å². The minimum absolute atomic E-state index is 0. The van der Waals surface area contributed by atoms with Crippen molar-refractivity contribution in [1.29, 1.82) is 0 Å². The molecule has 4 aromatic carbocycles. The number of hydrogen-bond acceptors (Lipinski definition) is 4. The van der Waals surface area contributed by atoms with Crippen LogP contribution >= 0.6 is 22.7 Å². The Bertz CT molecular complexity index is 2400. The fraction of sp³-hybridized carbons (Fsp3) is 0.209. The van der Waals surface area contributed by atoms with Crippen LogP contribution in [0.3, 0.4) is 0 Å². The summed E-state index contributed by atoms with van der Waals surface area (Å²) in [6, 6.07) is 39.1. The van der Waals surface area contributed by atoms with Gasteiger partial charge in [-0.05, 0) is 62.3 Å². The molecule has 0 atom stereocenters. The van der Waals surface area contributed by atoms with Crippen LogP contribution < -0.4 is 4.40 Å². The molecule has 0 saturated heterocycles. The van der Waals surface area contributed by atoms with Gasteiger partial charge in [0.25, 0.3) is 0 Å². The van der Waals surface area contributed by atoms with Crippen molar-refractivity contribution in [2.45, 2.75) is 51.4 Å². The van der Waals surface area contributed by atoms with Crippen LogP contribution in [-0.2, 0) is 26.5 Å². The van der Waals surface area contributed by atoms with Gasteiger partial charge in [0, 0.05) is 35.7 Å². The number of thiophene rings is 2. The average molecular weight is 914 g/mol. The molecule has 0 aliphatic rings. The van der Waals surface area contributed by atoms with E-state index in [4.69, 9.17) is 4.98 Å². The standard InChI is InChI=1S/C29H24NS2.C14H16GeN.Ir/c1-17-16-30-22(13-18(17)15-29(2,3)4)21-14-25-26(19-9-5-7-11-23(19)31-25)27-20-10-6-8-12-24(20)32-28(21)27;1-15(2,3)13-9-10-14(16-11-13)12-7-5-4-6-8-12;/h5-13,16H,15H2,1-4H3;4-7,9-11H,1-3H3;/q2*-1;. The van der Waals surface area contributed by atoms with Gasteiger partial charge < -0.3 is 4.98 Å². The molecule has 0 aliphatic heterocycles. The van der Waals surface area contributed by atoms with E-state index >= 15 is 0 Å². The number of rotatable bonds is 4. The predicted molar refractivity (Wildman–Crippen MR) is 214 cm³/mol. The molecule has 4 aromatic heterocycles. The van der Waals surface area contributed by atoms with Crippen molar-refractivity contribution in [2.75, 3.05) is 0 Å². The second-order valence-electron chi connectivity index (χ2n) is 14.8. The van der Waals surface area contributed by atoms with Gasteiger partial charge in [0.05, 0.1) is 0 Å². The summed E-state index contributed by atoms with van der Waals surface area (Å²) < 4.78 is 6.59. The number of pyridine rings is 2. The Hall–Kier alpha value is -3.19. The monoisotopic (exact) mass is 915 g/mol. The number of aryl methyl sites for hydroxylation is 1. The Kier molecular flexibility index (Phi) is 10.3. The summed E-state index contributed by atoms with van der Waals surface area (Å²) in [4.78, 5) is 9.43. The Labute approximate surface area is 314 Å². The average Bonchev–Trinajstić information content (AvgIpc) is 3.63. The first-order chi connectivity index (χ1) is 23.0. The smallest absolute Gasteiger partial charge is 0 e. The van der Waals surface area contributed by atoms with E-state index in [1.54, 1.807) is 0 Å². The van der Waals surface area contributed by atoms with Crippen molar-refractivity contribution >= 4 is 80.7 Å². The van der Waals surface area contributed by atoms with Crippen LogP contribution in [0.5, 0.6) is 0 Å². The Morgan fingerprint density at radius 3 is 2.02 bits per heavy atom. The van der Waals surface area contributed by atoms with Gasteiger partial charge in [-0.2, -0.15) is 22.7 Å². The van der Waals surface area contributed by atoms with Crippen LogP contribution in [0.2, 0.25) is 17.3 Å². The number of nitrogens with zero attached hydrogens (tertiary/aromatic N) is 2. The Morgan fingerprint density at radius 2 is 1.39 bits per heavy atom. The van der Waals surface area contributed by atoms with Gasteiger partial charge in [-0.3, -0.25) is 0 Å². The molecule has 0 spiro atoms. The first-order valence-electron chi connectivity index (χ1n) is 16.5. The van der Waals surface area contributed by atoms with E-state index in [1.807, 2.05) is 59.3 Å². The third-order valence-electron chi connectivity index (χ3n) is 8.71. The van der Waals surface area contributed by atoms with Gasteiger partial charge in [0.15, 0.2) is 0 Å². The van der Waals surface area contributed by atoms with Crippen LogP contribution in [0, 0.1) is 24.5 Å². The van der Waals surface area contributed by atoms with Crippen molar-refractivity contribution in [3.8, 4) is 22.5 Å². The van der Waals surface area contributed by atoms with E-state index in [2.05, 4.69) is 129 Å². The van der Waals surface area contributed by atoms with Crippen molar-refractivity contribution in [3.05, 3.63) is 127 Å². The third kappa shape index (κ3) is 7.48. The predicted octanol–water partition coefficient (Wildman–Crippen LogP) is 12.3. The molecule has 0 saturated carbocycles. The minimum Gasteiger partial charge on any atom is 0 e. The zero-order valence-corrected chi connectivity index (χ0v) is 35.2. The molecule has 0 unspecified atom stereocenters. The largest absolute Gasteiger partial charge is 0 e. The SMILES string of the molecule is Cc1cnc(-c2[c-]c3sc4ccccc4c3c3c2sc2ccccc23)cc1CC(C)(C)C.[CH3][Ge]([CH3])([CH3])[c]1ccc(-c2[c-]cccc2)nc1.[Ir]. The van der Waals surface area contributed by atoms with Crippen molar-refractivity contribution in [1.82, 2.24) is 9.97 Å². The molecular formula is C43H40GeIrN2S2-2. The molecule has 2 nitrogen and oxygen atoms in total. The van der Waals surface area contributed by atoms with Crippen molar-refractivity contribution < 1.29 is 20.1 Å². The van der Waals surface area contributed by atoms with Crippen molar-refractivity contribution in [2.24, 2.45) is 5.41 Å². The molecule has 0 amide bonds. The number of benzene rings is 4. The second-order valence-corrected chi connectivity index (χ2v) is 27.6. The molecule has 6 heteroatoms.